The van der Waals surface area contributed by atoms with Crippen LogP contribution < -0.4 is 5.32 Å². The van der Waals surface area contributed by atoms with Gasteiger partial charge in [0, 0.05) is 18.8 Å². The molecular weight excluding hydrogens is 268 g/mol. The maximum Gasteiger partial charge on any atom is 0.339 e. The normalized spacial score (nSPS) is 22.0. The van der Waals surface area contributed by atoms with Crippen molar-refractivity contribution < 1.29 is 15.0 Å². The number of rotatable bonds is 5. The molecule has 0 saturated heterocycles. The molecule has 2 atom stereocenters. The standard InChI is InChI=1S/C16H24N2O3/c1-10-7-11(2)18-15(14(10)16(20)21)17-8-12-5-3-4-6-13(12)9-19/h7,12-13,19H,3-6,8-9H2,1-2H3,(H,17,18)(H,20,21). The van der Waals surface area contributed by atoms with Crippen molar-refractivity contribution in [2.24, 2.45) is 11.8 Å². The fourth-order valence-corrected chi connectivity index (χ4v) is 3.26. The van der Waals surface area contributed by atoms with E-state index >= 15 is 0 Å². The van der Waals surface area contributed by atoms with Gasteiger partial charge in [-0.2, -0.15) is 0 Å². The van der Waals surface area contributed by atoms with Crippen LogP contribution in [0.2, 0.25) is 0 Å². The number of carboxylic acid groups (broad SMARTS) is 1. The molecule has 0 amide bonds. The van der Waals surface area contributed by atoms with Crippen molar-refractivity contribution in [1.82, 2.24) is 4.98 Å². The lowest BCUT2D eigenvalue weighted by molar-refractivity contribution is 0.0696. The summed E-state index contributed by atoms with van der Waals surface area (Å²) in [6.45, 7) is 4.53. The van der Waals surface area contributed by atoms with E-state index in [-0.39, 0.29) is 12.2 Å². The van der Waals surface area contributed by atoms with Gasteiger partial charge in [0.25, 0.3) is 0 Å². The van der Waals surface area contributed by atoms with E-state index in [4.69, 9.17) is 0 Å². The highest BCUT2D eigenvalue weighted by molar-refractivity contribution is 5.94. The molecule has 5 heteroatoms. The second-order valence-corrected chi connectivity index (χ2v) is 5.98. The Bertz CT molecular complexity index is 516. The molecule has 1 aliphatic carbocycles. The predicted octanol–water partition coefficient (Wildman–Crippen LogP) is 2.61. The zero-order chi connectivity index (χ0) is 15.4. The smallest absolute Gasteiger partial charge is 0.339 e. The van der Waals surface area contributed by atoms with Crippen LogP contribution in [-0.4, -0.2) is 34.3 Å². The molecule has 0 spiro atoms. The van der Waals surface area contributed by atoms with Crippen LogP contribution in [0.4, 0.5) is 5.82 Å². The summed E-state index contributed by atoms with van der Waals surface area (Å²) in [6.07, 6.45) is 4.47. The Labute approximate surface area is 125 Å². The summed E-state index contributed by atoms with van der Waals surface area (Å²) >= 11 is 0. The topological polar surface area (TPSA) is 82.5 Å². The van der Waals surface area contributed by atoms with Crippen molar-refractivity contribution in [3.05, 3.63) is 22.9 Å². The zero-order valence-corrected chi connectivity index (χ0v) is 12.7. The zero-order valence-electron chi connectivity index (χ0n) is 12.7. The average Bonchev–Trinajstić information content (AvgIpc) is 2.44. The molecule has 3 N–H and O–H groups in total. The van der Waals surface area contributed by atoms with Crippen LogP contribution in [0.1, 0.15) is 47.3 Å². The summed E-state index contributed by atoms with van der Waals surface area (Å²) in [5.41, 5.74) is 1.78. The van der Waals surface area contributed by atoms with Crippen LogP contribution >= 0.6 is 0 Å². The Balaban J connectivity index is 2.13. The number of nitrogens with one attached hydrogen (secondary N) is 1. The van der Waals surface area contributed by atoms with Crippen LogP contribution in [0.3, 0.4) is 0 Å². The van der Waals surface area contributed by atoms with Gasteiger partial charge in [-0.1, -0.05) is 12.8 Å². The maximum atomic E-state index is 11.4. The van der Waals surface area contributed by atoms with E-state index in [2.05, 4.69) is 10.3 Å². The van der Waals surface area contributed by atoms with E-state index < -0.39 is 5.97 Å². The summed E-state index contributed by atoms with van der Waals surface area (Å²) in [5, 5.41) is 22.0. The SMILES string of the molecule is Cc1cc(C)c(C(=O)O)c(NCC2CCCCC2CO)n1. The third-order valence-electron chi connectivity index (χ3n) is 4.39. The number of anilines is 1. The van der Waals surface area contributed by atoms with Crippen LogP contribution in [-0.2, 0) is 0 Å². The Morgan fingerprint density at radius 1 is 1.33 bits per heavy atom. The Hall–Kier alpha value is -1.62. The number of hydrogen-bond donors (Lipinski definition) is 3. The first-order chi connectivity index (χ1) is 10.0. The van der Waals surface area contributed by atoms with Gasteiger partial charge in [0.1, 0.15) is 11.4 Å². The summed E-state index contributed by atoms with van der Waals surface area (Å²) in [4.78, 5) is 15.7. The third kappa shape index (κ3) is 3.73. The predicted molar refractivity (Wildman–Crippen MR) is 81.7 cm³/mol. The van der Waals surface area contributed by atoms with Gasteiger partial charge >= 0.3 is 5.97 Å². The second kappa shape index (κ2) is 6.89. The molecule has 1 aromatic heterocycles. The molecule has 1 heterocycles. The van der Waals surface area contributed by atoms with Gasteiger partial charge < -0.3 is 15.5 Å². The van der Waals surface area contributed by atoms with E-state index in [1.807, 2.05) is 6.92 Å². The number of aliphatic hydroxyl groups excluding tert-OH is 1. The molecule has 1 aliphatic rings. The van der Waals surface area contributed by atoms with E-state index in [1.54, 1.807) is 13.0 Å². The largest absolute Gasteiger partial charge is 0.478 e. The minimum atomic E-state index is -0.954. The molecule has 0 radical (unpaired) electrons. The first-order valence-electron chi connectivity index (χ1n) is 7.59. The van der Waals surface area contributed by atoms with Gasteiger partial charge in [0.15, 0.2) is 0 Å². The summed E-state index contributed by atoms with van der Waals surface area (Å²) in [7, 11) is 0. The number of aryl methyl sites for hydroxylation is 2. The van der Waals surface area contributed by atoms with Crippen molar-refractivity contribution in [1.29, 1.82) is 0 Å². The number of hydrogen-bond acceptors (Lipinski definition) is 4. The van der Waals surface area contributed by atoms with Crippen LogP contribution in [0, 0.1) is 25.7 Å². The first-order valence-corrected chi connectivity index (χ1v) is 7.59. The van der Waals surface area contributed by atoms with E-state index in [1.165, 1.54) is 12.8 Å². The highest BCUT2D eigenvalue weighted by Crippen LogP contribution is 2.30. The highest BCUT2D eigenvalue weighted by Gasteiger charge is 2.25. The number of aromatic carboxylic acids is 1. The minimum Gasteiger partial charge on any atom is -0.478 e. The Kier molecular flexibility index (Phi) is 5.17. The average molecular weight is 292 g/mol. The second-order valence-electron chi connectivity index (χ2n) is 5.98. The van der Waals surface area contributed by atoms with Gasteiger partial charge in [-0.15, -0.1) is 0 Å². The molecule has 1 fully saturated rings. The highest BCUT2D eigenvalue weighted by atomic mass is 16.4. The van der Waals surface area contributed by atoms with Crippen LogP contribution in [0.15, 0.2) is 6.07 Å². The molecule has 0 bridgehead atoms. The lowest BCUT2D eigenvalue weighted by atomic mass is 9.79. The molecule has 1 saturated carbocycles. The fraction of sp³-hybridized carbons (Fsp3) is 0.625. The molecule has 1 aromatic rings. The molecule has 21 heavy (non-hydrogen) atoms. The number of aromatic nitrogens is 1. The van der Waals surface area contributed by atoms with Crippen molar-refractivity contribution in [3.63, 3.8) is 0 Å². The first kappa shape index (κ1) is 15.8. The Morgan fingerprint density at radius 3 is 2.62 bits per heavy atom. The van der Waals surface area contributed by atoms with E-state index in [0.717, 1.165) is 24.1 Å². The van der Waals surface area contributed by atoms with Crippen molar-refractivity contribution in [2.45, 2.75) is 39.5 Å². The fourth-order valence-electron chi connectivity index (χ4n) is 3.26. The Morgan fingerprint density at radius 2 is 2.00 bits per heavy atom. The third-order valence-corrected chi connectivity index (χ3v) is 4.39. The van der Waals surface area contributed by atoms with E-state index in [0.29, 0.717) is 24.2 Å². The lowest BCUT2D eigenvalue weighted by Gasteiger charge is -2.30. The number of nitrogens with zero attached hydrogens (tertiary/aromatic N) is 1. The number of pyridine rings is 1. The molecule has 5 nitrogen and oxygen atoms in total. The quantitative estimate of drug-likeness (QED) is 0.777. The minimum absolute atomic E-state index is 0.207. The monoisotopic (exact) mass is 292 g/mol. The number of carboxylic acids is 1. The van der Waals surface area contributed by atoms with E-state index in [9.17, 15) is 15.0 Å². The summed E-state index contributed by atoms with van der Waals surface area (Å²) in [5.74, 6) is 0.186. The van der Waals surface area contributed by atoms with Gasteiger partial charge in [0.05, 0.1) is 0 Å². The molecule has 116 valence electrons. The molecule has 2 rings (SSSR count). The van der Waals surface area contributed by atoms with Gasteiger partial charge in [-0.05, 0) is 50.2 Å². The summed E-state index contributed by atoms with van der Waals surface area (Å²) in [6, 6.07) is 1.78. The van der Waals surface area contributed by atoms with Crippen molar-refractivity contribution in [3.8, 4) is 0 Å². The van der Waals surface area contributed by atoms with Gasteiger partial charge in [-0.25, -0.2) is 9.78 Å². The van der Waals surface area contributed by atoms with Crippen LogP contribution in [0.5, 0.6) is 0 Å². The number of carbonyl (C=O) groups is 1. The van der Waals surface area contributed by atoms with Gasteiger partial charge in [0.2, 0.25) is 0 Å². The van der Waals surface area contributed by atoms with Crippen LogP contribution in [0.25, 0.3) is 0 Å². The summed E-state index contributed by atoms with van der Waals surface area (Å²) < 4.78 is 0. The molecule has 0 aliphatic heterocycles. The van der Waals surface area contributed by atoms with Crippen molar-refractivity contribution >= 4 is 11.8 Å². The molecular formula is C16H24N2O3. The maximum absolute atomic E-state index is 11.4. The molecule has 2 unspecified atom stereocenters. The lowest BCUT2D eigenvalue weighted by Crippen LogP contribution is -2.29. The van der Waals surface area contributed by atoms with Gasteiger partial charge in [-0.3, -0.25) is 0 Å². The number of aliphatic hydroxyl groups is 1. The molecule has 0 aromatic carbocycles. The van der Waals surface area contributed by atoms with Crippen molar-refractivity contribution in [2.75, 3.05) is 18.5 Å².